The summed E-state index contributed by atoms with van der Waals surface area (Å²) in [5, 5.41) is 2.51. The number of carbonyl (C=O) groups excluding carboxylic acids is 1. The summed E-state index contributed by atoms with van der Waals surface area (Å²) in [7, 11) is 1.61. The number of allylic oxidation sites excluding steroid dienone is 3. The minimum atomic E-state index is -0.0596. The van der Waals surface area contributed by atoms with Gasteiger partial charge in [-0.3, -0.25) is 4.79 Å². The summed E-state index contributed by atoms with van der Waals surface area (Å²) in [6, 6.07) is 0. The first-order valence-corrected chi connectivity index (χ1v) is 3.23. The first-order chi connectivity index (χ1) is 4.70. The van der Waals surface area contributed by atoms with Crippen LogP contribution in [0.4, 0.5) is 0 Å². The molecule has 0 aromatic carbocycles. The van der Waals surface area contributed by atoms with Crippen LogP contribution in [0, 0.1) is 0 Å². The highest BCUT2D eigenvalue weighted by Gasteiger charge is 1.88. The summed E-state index contributed by atoms with van der Waals surface area (Å²) >= 11 is 0. The van der Waals surface area contributed by atoms with Crippen LogP contribution in [-0.4, -0.2) is 13.0 Å². The Balaban J connectivity index is 4.02. The van der Waals surface area contributed by atoms with Crippen molar-refractivity contribution in [3.05, 3.63) is 23.8 Å². The fraction of sp³-hybridized carbons (Fsp3) is 0.375. The largest absolute Gasteiger partial charge is 0.356 e. The Morgan fingerprint density at radius 2 is 2.10 bits per heavy atom. The van der Waals surface area contributed by atoms with E-state index in [1.54, 1.807) is 13.1 Å². The molecule has 0 rings (SSSR count). The lowest BCUT2D eigenvalue weighted by molar-refractivity contribution is -0.116. The molecule has 0 heterocycles. The van der Waals surface area contributed by atoms with E-state index in [4.69, 9.17) is 0 Å². The molecule has 2 heteroatoms. The third kappa shape index (κ3) is 3.89. The van der Waals surface area contributed by atoms with Crippen LogP contribution in [0.1, 0.15) is 13.8 Å². The SMILES string of the molecule is C/C=C\C(C)=C/C(=O)NC. The molecule has 1 amide bonds. The zero-order chi connectivity index (χ0) is 7.98. The highest BCUT2D eigenvalue weighted by Crippen LogP contribution is 1.92. The van der Waals surface area contributed by atoms with Gasteiger partial charge in [0, 0.05) is 13.1 Å². The number of rotatable bonds is 2. The molecule has 0 aliphatic carbocycles. The van der Waals surface area contributed by atoms with Crippen LogP contribution < -0.4 is 5.32 Å². The highest BCUT2D eigenvalue weighted by atomic mass is 16.1. The van der Waals surface area contributed by atoms with Crippen LogP contribution in [0.2, 0.25) is 0 Å². The van der Waals surface area contributed by atoms with E-state index < -0.39 is 0 Å². The van der Waals surface area contributed by atoms with E-state index in [2.05, 4.69) is 5.32 Å². The monoisotopic (exact) mass is 139 g/mol. The van der Waals surface area contributed by atoms with E-state index >= 15 is 0 Å². The Bertz CT molecular complexity index is 168. The van der Waals surface area contributed by atoms with E-state index in [9.17, 15) is 4.79 Å². The summed E-state index contributed by atoms with van der Waals surface area (Å²) in [5.74, 6) is -0.0596. The van der Waals surface area contributed by atoms with Crippen molar-refractivity contribution in [3.63, 3.8) is 0 Å². The van der Waals surface area contributed by atoms with Crippen molar-refractivity contribution in [2.24, 2.45) is 0 Å². The number of hydrogen-bond donors (Lipinski definition) is 1. The number of likely N-dealkylation sites (N-methyl/N-ethyl adjacent to an activating group) is 1. The third-order valence-electron chi connectivity index (χ3n) is 1.03. The van der Waals surface area contributed by atoms with Crippen molar-refractivity contribution >= 4 is 5.91 Å². The molecule has 56 valence electrons. The van der Waals surface area contributed by atoms with Crippen molar-refractivity contribution in [1.82, 2.24) is 5.32 Å². The molecular formula is C8H13NO. The molecule has 0 aromatic heterocycles. The third-order valence-corrected chi connectivity index (χ3v) is 1.03. The molecule has 0 atom stereocenters. The second-order valence-corrected chi connectivity index (χ2v) is 2.00. The van der Waals surface area contributed by atoms with Crippen LogP contribution in [0.25, 0.3) is 0 Å². The van der Waals surface area contributed by atoms with Gasteiger partial charge in [-0.05, 0) is 19.4 Å². The van der Waals surface area contributed by atoms with Gasteiger partial charge in [0.2, 0.25) is 5.91 Å². The normalized spacial score (nSPS) is 12.1. The summed E-state index contributed by atoms with van der Waals surface area (Å²) in [6.07, 6.45) is 5.34. The van der Waals surface area contributed by atoms with Gasteiger partial charge in [-0.1, -0.05) is 12.2 Å². The molecular weight excluding hydrogens is 126 g/mol. The van der Waals surface area contributed by atoms with Gasteiger partial charge in [0.15, 0.2) is 0 Å². The lowest BCUT2D eigenvalue weighted by atomic mass is 10.2. The number of carbonyl (C=O) groups is 1. The molecule has 0 aliphatic heterocycles. The molecule has 0 saturated carbocycles. The van der Waals surface area contributed by atoms with Crippen LogP contribution >= 0.6 is 0 Å². The van der Waals surface area contributed by atoms with E-state index in [0.717, 1.165) is 5.57 Å². The summed E-state index contributed by atoms with van der Waals surface area (Å²) in [6.45, 7) is 3.80. The maximum Gasteiger partial charge on any atom is 0.243 e. The van der Waals surface area contributed by atoms with Gasteiger partial charge >= 0.3 is 0 Å². The second kappa shape index (κ2) is 4.79. The summed E-state index contributed by atoms with van der Waals surface area (Å²) < 4.78 is 0. The average molecular weight is 139 g/mol. The average Bonchev–Trinajstić information content (AvgIpc) is 1.88. The fourth-order valence-corrected chi connectivity index (χ4v) is 0.590. The zero-order valence-electron chi connectivity index (χ0n) is 6.64. The number of hydrogen-bond acceptors (Lipinski definition) is 1. The van der Waals surface area contributed by atoms with Gasteiger partial charge in [0.25, 0.3) is 0 Å². The maximum atomic E-state index is 10.7. The first-order valence-electron chi connectivity index (χ1n) is 3.23. The van der Waals surface area contributed by atoms with Gasteiger partial charge in [0.05, 0.1) is 0 Å². The lowest BCUT2D eigenvalue weighted by Gasteiger charge is -1.91. The van der Waals surface area contributed by atoms with Crippen molar-refractivity contribution in [1.29, 1.82) is 0 Å². The molecule has 2 nitrogen and oxygen atoms in total. The fourth-order valence-electron chi connectivity index (χ4n) is 0.590. The molecule has 0 unspecified atom stereocenters. The Morgan fingerprint density at radius 3 is 2.50 bits per heavy atom. The summed E-state index contributed by atoms with van der Waals surface area (Å²) in [5.41, 5.74) is 0.960. The first kappa shape index (κ1) is 8.95. The quantitative estimate of drug-likeness (QED) is 0.453. The summed E-state index contributed by atoms with van der Waals surface area (Å²) in [4.78, 5) is 10.7. The molecule has 1 N–H and O–H groups in total. The molecule has 0 bridgehead atoms. The molecule has 0 spiro atoms. The smallest absolute Gasteiger partial charge is 0.243 e. The van der Waals surface area contributed by atoms with Gasteiger partial charge in [0.1, 0.15) is 0 Å². The predicted octanol–water partition coefficient (Wildman–Crippen LogP) is 1.25. The van der Waals surface area contributed by atoms with Crippen molar-refractivity contribution in [3.8, 4) is 0 Å². The molecule has 10 heavy (non-hydrogen) atoms. The van der Waals surface area contributed by atoms with Crippen LogP contribution in [0.5, 0.6) is 0 Å². The van der Waals surface area contributed by atoms with Gasteiger partial charge < -0.3 is 5.32 Å². The Hall–Kier alpha value is -1.05. The minimum absolute atomic E-state index is 0.0596. The molecule has 0 saturated heterocycles. The highest BCUT2D eigenvalue weighted by molar-refractivity contribution is 5.88. The topological polar surface area (TPSA) is 29.1 Å². The number of amides is 1. The molecule has 0 fully saturated rings. The van der Waals surface area contributed by atoms with Gasteiger partial charge in [-0.25, -0.2) is 0 Å². The van der Waals surface area contributed by atoms with Gasteiger partial charge in [-0.15, -0.1) is 0 Å². The van der Waals surface area contributed by atoms with Crippen molar-refractivity contribution in [2.75, 3.05) is 7.05 Å². The van der Waals surface area contributed by atoms with E-state index in [0.29, 0.717) is 0 Å². The van der Waals surface area contributed by atoms with E-state index in [1.165, 1.54) is 0 Å². The maximum absolute atomic E-state index is 10.7. The lowest BCUT2D eigenvalue weighted by Crippen LogP contribution is -2.14. The predicted molar refractivity (Wildman–Crippen MR) is 42.6 cm³/mol. The van der Waals surface area contributed by atoms with E-state index in [-0.39, 0.29) is 5.91 Å². The Kier molecular flexibility index (Phi) is 4.29. The molecule has 0 radical (unpaired) electrons. The number of nitrogens with one attached hydrogen (secondary N) is 1. The van der Waals surface area contributed by atoms with Crippen LogP contribution in [-0.2, 0) is 4.79 Å². The van der Waals surface area contributed by atoms with Crippen molar-refractivity contribution < 1.29 is 4.79 Å². The Labute approximate surface area is 61.6 Å². The standard InChI is InChI=1S/C8H13NO/c1-4-5-7(2)6-8(10)9-3/h4-6H,1-3H3,(H,9,10)/b5-4-,7-6-. The van der Waals surface area contributed by atoms with Crippen molar-refractivity contribution in [2.45, 2.75) is 13.8 Å². The van der Waals surface area contributed by atoms with Gasteiger partial charge in [-0.2, -0.15) is 0 Å². The Morgan fingerprint density at radius 1 is 1.50 bits per heavy atom. The molecule has 0 aliphatic rings. The minimum Gasteiger partial charge on any atom is -0.356 e. The van der Waals surface area contributed by atoms with Crippen LogP contribution in [0.3, 0.4) is 0 Å². The second-order valence-electron chi connectivity index (χ2n) is 2.00. The van der Waals surface area contributed by atoms with Crippen LogP contribution in [0.15, 0.2) is 23.8 Å². The van der Waals surface area contributed by atoms with E-state index in [1.807, 2.05) is 26.0 Å². The molecule has 0 aromatic rings. The zero-order valence-corrected chi connectivity index (χ0v) is 6.64.